The van der Waals surface area contributed by atoms with Gasteiger partial charge in [-0.3, -0.25) is 0 Å². The maximum Gasteiger partial charge on any atom is 0.139 e. The number of benzene rings is 8. The van der Waals surface area contributed by atoms with Crippen LogP contribution in [0.1, 0.15) is 92.5 Å². The zero-order chi connectivity index (χ0) is 53.7. The van der Waals surface area contributed by atoms with Crippen molar-refractivity contribution in [3.05, 3.63) is 190 Å². The van der Waals surface area contributed by atoms with Crippen molar-refractivity contribution >= 4 is 0 Å². The highest BCUT2D eigenvalue weighted by molar-refractivity contribution is 6.04. The first-order valence-electron chi connectivity index (χ1n) is 27.5. The van der Waals surface area contributed by atoms with Crippen molar-refractivity contribution in [1.82, 2.24) is 0 Å². The first kappa shape index (κ1) is 23.8. The summed E-state index contributed by atoms with van der Waals surface area (Å²) in [5.74, 6) is -0.675. The molecule has 11 rings (SSSR count). The van der Waals surface area contributed by atoms with E-state index in [4.69, 9.17) is 21.8 Å². The number of fused-ring (bicyclic) bond motifs is 12. The second kappa shape index (κ2) is 12.9. The molecule has 2 heteroatoms. The van der Waals surface area contributed by atoms with Gasteiger partial charge in [-0.05, 0) is 130 Å². The monoisotopic (exact) mass is 791 g/mol. The van der Waals surface area contributed by atoms with Crippen LogP contribution in [-0.4, -0.2) is 0 Å². The quantitative estimate of drug-likeness (QED) is 0.174. The SMILES string of the molecule is [2H]C([2H])([2H])c1cc2c(cc1-c1c(C([2H])([2H])[2H])ccc3c1Oc1cc(C)ccc1C3(C)C([2H])([2H])[2H])C(C([2H])([2H])[2H])(C([2H])([2H])[2H])c1ccc(C)c(-c3ccc4c(c3)-c3ccccc3-c3ccccc3-c3ccccc3-4)c1O2. The summed E-state index contributed by atoms with van der Waals surface area (Å²) in [5, 5.41) is 0. The molecule has 8 aromatic carbocycles. The Morgan fingerprint density at radius 3 is 1.52 bits per heavy atom. The highest BCUT2D eigenvalue weighted by Gasteiger charge is 2.40. The summed E-state index contributed by atoms with van der Waals surface area (Å²) in [6.07, 6.45) is 0. The minimum atomic E-state index is -3.42. The Hall–Kier alpha value is -6.64. The van der Waals surface area contributed by atoms with Crippen molar-refractivity contribution in [1.29, 1.82) is 0 Å². The van der Waals surface area contributed by atoms with E-state index in [9.17, 15) is 8.22 Å². The Bertz CT molecular complexity index is 3690. The van der Waals surface area contributed by atoms with E-state index in [1.54, 1.807) is 38.1 Å². The summed E-state index contributed by atoms with van der Waals surface area (Å²) in [6, 6.07) is 43.0. The second-order valence-electron chi connectivity index (χ2n) is 16.4. The lowest BCUT2D eigenvalue weighted by molar-refractivity contribution is 0.417. The highest BCUT2D eigenvalue weighted by atomic mass is 16.5. The first-order valence-corrected chi connectivity index (χ1v) is 20.0. The minimum Gasteiger partial charge on any atom is -0.456 e. The summed E-state index contributed by atoms with van der Waals surface area (Å²) in [5.41, 5.74) is 3.08. The maximum absolute atomic E-state index is 9.40. The Balaban J connectivity index is 1.21. The Labute approximate surface area is 375 Å². The summed E-state index contributed by atoms with van der Waals surface area (Å²) in [6.45, 7) is -10.7. The molecule has 2 nitrogen and oxygen atoms in total. The number of hydrogen-bond acceptors (Lipinski definition) is 2. The fraction of sp³-hybridized carbons (Fsp3) is 0.172. The van der Waals surface area contributed by atoms with Gasteiger partial charge in [0.1, 0.15) is 23.0 Å². The number of hydrogen-bond donors (Lipinski definition) is 0. The summed E-state index contributed by atoms with van der Waals surface area (Å²) >= 11 is 0. The van der Waals surface area contributed by atoms with Gasteiger partial charge in [0.2, 0.25) is 0 Å². The van der Waals surface area contributed by atoms with Gasteiger partial charge in [-0.2, -0.15) is 0 Å². The molecule has 0 saturated heterocycles. The Morgan fingerprint density at radius 1 is 0.400 bits per heavy atom. The fourth-order valence-corrected chi connectivity index (χ4v) is 9.61. The van der Waals surface area contributed by atoms with Crippen molar-refractivity contribution in [3.63, 3.8) is 0 Å². The van der Waals surface area contributed by atoms with Crippen LogP contribution in [0.25, 0.3) is 66.8 Å². The van der Waals surface area contributed by atoms with E-state index in [1.165, 1.54) is 25.1 Å². The Morgan fingerprint density at radius 2 is 0.917 bits per heavy atom. The zero-order valence-electron chi connectivity index (χ0n) is 48.2. The van der Waals surface area contributed by atoms with E-state index >= 15 is 0 Å². The fourth-order valence-electron chi connectivity index (χ4n) is 9.61. The van der Waals surface area contributed by atoms with Crippen LogP contribution in [-0.2, 0) is 10.8 Å². The van der Waals surface area contributed by atoms with Gasteiger partial charge in [0.25, 0.3) is 0 Å². The third kappa shape index (κ3) is 5.19. The van der Waals surface area contributed by atoms with Crippen molar-refractivity contribution in [2.45, 2.75) is 65.9 Å². The van der Waals surface area contributed by atoms with Crippen molar-refractivity contribution < 1.29 is 30.0 Å². The molecule has 0 fully saturated rings. The normalized spacial score (nSPS) is 20.9. The maximum atomic E-state index is 9.40. The van der Waals surface area contributed by atoms with Gasteiger partial charge in [-0.1, -0.05) is 149 Å². The number of aryl methyl sites for hydroxylation is 4. The third-order valence-corrected chi connectivity index (χ3v) is 12.6. The van der Waals surface area contributed by atoms with Gasteiger partial charge in [0, 0.05) is 64.8 Å². The molecular formula is C58H48O2. The van der Waals surface area contributed by atoms with E-state index in [-0.39, 0.29) is 50.8 Å². The molecule has 0 amide bonds. The molecule has 0 radical (unpaired) electrons. The molecule has 1 aliphatic carbocycles. The van der Waals surface area contributed by atoms with Crippen LogP contribution in [0.3, 0.4) is 0 Å². The predicted molar refractivity (Wildman–Crippen MR) is 249 cm³/mol. The molecule has 0 saturated carbocycles. The molecule has 1 unspecified atom stereocenters. The molecular weight excluding hydrogens is 729 g/mol. The topological polar surface area (TPSA) is 18.5 Å². The van der Waals surface area contributed by atoms with E-state index in [1.807, 2.05) is 60.7 Å². The molecule has 2 aliphatic heterocycles. The Kier molecular flexibility index (Phi) is 5.13. The molecule has 0 N–H and O–H groups in total. The van der Waals surface area contributed by atoms with E-state index in [2.05, 4.69) is 30.3 Å². The molecule has 2 heterocycles. The van der Waals surface area contributed by atoms with E-state index in [0.717, 1.165) is 56.6 Å². The van der Waals surface area contributed by atoms with E-state index in [0.29, 0.717) is 22.3 Å². The van der Waals surface area contributed by atoms with Gasteiger partial charge in [-0.25, -0.2) is 0 Å². The zero-order valence-corrected chi connectivity index (χ0v) is 33.2. The van der Waals surface area contributed by atoms with Gasteiger partial charge in [-0.15, -0.1) is 0 Å². The van der Waals surface area contributed by atoms with Crippen LogP contribution >= 0.6 is 0 Å². The van der Waals surface area contributed by atoms with Crippen LogP contribution in [0, 0.1) is 27.6 Å². The summed E-state index contributed by atoms with van der Waals surface area (Å²) < 4.78 is 150. The first-order chi connectivity index (χ1) is 35.1. The lowest BCUT2D eigenvalue weighted by Crippen LogP contribution is -2.26. The van der Waals surface area contributed by atoms with Crippen LogP contribution in [0.15, 0.2) is 146 Å². The molecule has 0 spiro atoms. The number of rotatable bonds is 2. The summed E-state index contributed by atoms with van der Waals surface area (Å²) in [4.78, 5) is 0. The lowest BCUT2D eigenvalue weighted by atomic mass is 9.72. The number of ether oxygens (including phenoxy) is 2. The molecule has 3 aliphatic rings. The molecule has 60 heavy (non-hydrogen) atoms. The molecule has 8 aromatic rings. The largest absolute Gasteiger partial charge is 0.456 e. The second-order valence-corrected chi connectivity index (χ2v) is 16.4. The van der Waals surface area contributed by atoms with E-state index < -0.39 is 61.8 Å². The molecule has 0 aromatic heterocycles. The average molecular weight is 792 g/mol. The molecule has 0 bridgehead atoms. The van der Waals surface area contributed by atoms with Crippen molar-refractivity contribution in [2.24, 2.45) is 0 Å². The van der Waals surface area contributed by atoms with Crippen LogP contribution < -0.4 is 9.47 Å². The van der Waals surface area contributed by atoms with Gasteiger partial charge in [0.15, 0.2) is 0 Å². The van der Waals surface area contributed by atoms with Gasteiger partial charge < -0.3 is 9.47 Å². The van der Waals surface area contributed by atoms with Crippen molar-refractivity contribution in [3.8, 4) is 89.8 Å². The van der Waals surface area contributed by atoms with Crippen LogP contribution in [0.4, 0.5) is 0 Å². The summed E-state index contributed by atoms with van der Waals surface area (Å²) in [7, 11) is 0. The molecule has 292 valence electrons. The minimum absolute atomic E-state index is 0.0161. The van der Waals surface area contributed by atoms with Crippen LogP contribution in [0.5, 0.6) is 23.0 Å². The van der Waals surface area contributed by atoms with Gasteiger partial charge >= 0.3 is 0 Å². The third-order valence-electron chi connectivity index (χ3n) is 12.6. The molecule has 1 atom stereocenters. The smallest absolute Gasteiger partial charge is 0.139 e. The average Bonchev–Trinajstić information content (AvgIpc) is 3.38. The lowest BCUT2D eigenvalue weighted by Gasteiger charge is -2.38. The van der Waals surface area contributed by atoms with Crippen LogP contribution in [0.2, 0.25) is 0 Å². The standard InChI is InChI=1S/C58H48O2/c1-33-21-26-47-51(29-33)59-56-49(57(47,5)6)28-23-35(3)54(56)45-32-50-52(30-36(45)4)60-55-48(58(50,7)8)27-22-34(2)53(55)37-24-25-44-42-19-12-11-17-40(42)38-15-9-10-16-39(38)41-18-13-14-20-43(41)46(44)31-37/h9-32H,1-8H3/i3D3,4D3,5D3,7D3,8D3. The van der Waals surface area contributed by atoms with Crippen molar-refractivity contribution in [2.75, 3.05) is 0 Å². The highest BCUT2D eigenvalue weighted by Crippen LogP contribution is 2.57. The predicted octanol–water partition coefficient (Wildman–Crippen LogP) is 16.1. The van der Waals surface area contributed by atoms with Gasteiger partial charge in [0.05, 0.1) is 0 Å².